The molecule has 1 aromatic carbocycles. The van der Waals surface area contributed by atoms with Crippen molar-refractivity contribution in [3.8, 4) is 0 Å². The van der Waals surface area contributed by atoms with Crippen LogP contribution in [0.3, 0.4) is 0 Å². The Bertz CT molecular complexity index is 470. The van der Waals surface area contributed by atoms with Crippen LogP contribution >= 0.6 is 0 Å². The zero-order valence-corrected chi connectivity index (χ0v) is 10.3. The van der Waals surface area contributed by atoms with Crippen molar-refractivity contribution in [3.63, 3.8) is 0 Å². The molecule has 2 rings (SSSR count). The number of hydrogen-bond donors (Lipinski definition) is 1. The van der Waals surface area contributed by atoms with E-state index in [4.69, 9.17) is 5.73 Å². The van der Waals surface area contributed by atoms with E-state index in [0.717, 1.165) is 12.8 Å². The molecular formula is C13H15F3N2O. The van der Waals surface area contributed by atoms with Crippen molar-refractivity contribution < 1.29 is 18.0 Å². The third-order valence-electron chi connectivity index (χ3n) is 3.37. The van der Waals surface area contributed by atoms with E-state index in [-0.39, 0.29) is 5.92 Å². The number of nitrogens with two attached hydrogens (primary N) is 1. The Labute approximate surface area is 109 Å². The fourth-order valence-electron chi connectivity index (χ4n) is 2.39. The molecule has 1 aliphatic rings. The van der Waals surface area contributed by atoms with Crippen LogP contribution in [-0.2, 0) is 0 Å². The van der Waals surface area contributed by atoms with Crippen molar-refractivity contribution in [2.24, 2.45) is 11.7 Å². The van der Waals surface area contributed by atoms with E-state index in [1.807, 2.05) is 0 Å². The van der Waals surface area contributed by atoms with Gasteiger partial charge in [0.2, 0.25) is 0 Å². The van der Waals surface area contributed by atoms with Crippen molar-refractivity contribution >= 4 is 5.91 Å². The Morgan fingerprint density at radius 2 is 1.95 bits per heavy atom. The number of carbonyl (C=O) groups excluding carboxylic acids is 1. The predicted octanol–water partition coefficient (Wildman–Crippen LogP) is 1.91. The Kier molecular flexibility index (Phi) is 4.09. The van der Waals surface area contributed by atoms with Crippen LogP contribution in [-0.4, -0.2) is 30.4 Å². The Morgan fingerprint density at radius 1 is 1.32 bits per heavy atom. The molecular weight excluding hydrogens is 257 g/mol. The minimum absolute atomic E-state index is 0.264. The average Bonchev–Trinajstić information content (AvgIpc) is 2.76. The molecule has 1 aromatic rings. The summed E-state index contributed by atoms with van der Waals surface area (Å²) >= 11 is 0. The lowest BCUT2D eigenvalue weighted by molar-refractivity contribution is 0.0777. The molecule has 1 saturated heterocycles. The Morgan fingerprint density at radius 3 is 2.53 bits per heavy atom. The van der Waals surface area contributed by atoms with Gasteiger partial charge >= 0.3 is 0 Å². The van der Waals surface area contributed by atoms with Gasteiger partial charge in [0.15, 0.2) is 0 Å². The number of amides is 1. The fourth-order valence-corrected chi connectivity index (χ4v) is 2.39. The molecule has 1 aliphatic heterocycles. The molecule has 104 valence electrons. The van der Waals surface area contributed by atoms with Gasteiger partial charge in [-0.05, 0) is 25.3 Å². The van der Waals surface area contributed by atoms with Gasteiger partial charge in [-0.15, -0.1) is 0 Å². The number of rotatable bonds is 3. The first-order valence-electron chi connectivity index (χ1n) is 6.16. The van der Waals surface area contributed by atoms with Crippen LogP contribution in [0.4, 0.5) is 13.2 Å². The fraction of sp³-hybridized carbons (Fsp3) is 0.462. The third kappa shape index (κ3) is 2.89. The van der Waals surface area contributed by atoms with Crippen LogP contribution < -0.4 is 5.73 Å². The average molecular weight is 272 g/mol. The van der Waals surface area contributed by atoms with Gasteiger partial charge in [0.25, 0.3) is 5.91 Å². The summed E-state index contributed by atoms with van der Waals surface area (Å²) in [6.07, 6.45) is 1.55. The molecule has 1 fully saturated rings. The van der Waals surface area contributed by atoms with Crippen LogP contribution in [0.15, 0.2) is 12.1 Å². The summed E-state index contributed by atoms with van der Waals surface area (Å²) in [5, 5.41) is 0. The van der Waals surface area contributed by atoms with Crippen molar-refractivity contribution in [1.82, 2.24) is 4.90 Å². The van der Waals surface area contributed by atoms with E-state index in [0.29, 0.717) is 31.8 Å². The van der Waals surface area contributed by atoms with E-state index in [1.54, 1.807) is 0 Å². The highest BCUT2D eigenvalue weighted by atomic mass is 19.1. The van der Waals surface area contributed by atoms with Crippen LogP contribution in [0, 0.1) is 23.4 Å². The molecule has 0 aromatic heterocycles. The van der Waals surface area contributed by atoms with Gasteiger partial charge < -0.3 is 10.6 Å². The van der Waals surface area contributed by atoms with Crippen molar-refractivity contribution in [2.75, 3.05) is 19.6 Å². The number of likely N-dealkylation sites (tertiary alicyclic amines) is 1. The normalized spacial score (nSPS) is 18.9. The molecule has 1 atom stereocenters. The maximum absolute atomic E-state index is 13.5. The predicted molar refractivity (Wildman–Crippen MR) is 64.0 cm³/mol. The highest BCUT2D eigenvalue weighted by Gasteiger charge is 2.30. The Hall–Kier alpha value is -1.56. The first-order valence-corrected chi connectivity index (χ1v) is 6.16. The molecule has 1 heterocycles. The van der Waals surface area contributed by atoms with Gasteiger partial charge in [-0.1, -0.05) is 0 Å². The standard InChI is InChI=1S/C13H15F3N2O/c14-9-5-10(15)12(11(16)6-9)13(19)18-4-2-8(7-18)1-3-17/h5-6,8H,1-4,7,17H2. The summed E-state index contributed by atoms with van der Waals surface area (Å²) in [7, 11) is 0. The summed E-state index contributed by atoms with van der Waals surface area (Å²) in [5.41, 5.74) is 4.76. The molecule has 1 amide bonds. The molecule has 0 bridgehead atoms. The molecule has 0 spiro atoms. The van der Waals surface area contributed by atoms with Crippen molar-refractivity contribution in [1.29, 1.82) is 0 Å². The van der Waals surface area contributed by atoms with Crippen LogP contribution in [0.25, 0.3) is 0 Å². The molecule has 0 saturated carbocycles. The van der Waals surface area contributed by atoms with Crippen LogP contribution in [0.5, 0.6) is 0 Å². The van der Waals surface area contributed by atoms with E-state index < -0.39 is 28.9 Å². The van der Waals surface area contributed by atoms with Crippen LogP contribution in [0.1, 0.15) is 23.2 Å². The molecule has 19 heavy (non-hydrogen) atoms. The first-order chi connectivity index (χ1) is 9.02. The zero-order valence-electron chi connectivity index (χ0n) is 10.3. The third-order valence-corrected chi connectivity index (χ3v) is 3.37. The zero-order chi connectivity index (χ0) is 14.0. The van der Waals surface area contributed by atoms with E-state index in [2.05, 4.69) is 0 Å². The summed E-state index contributed by atoms with van der Waals surface area (Å²) in [5.74, 6) is -3.82. The highest BCUT2D eigenvalue weighted by molar-refractivity contribution is 5.95. The SMILES string of the molecule is NCCC1CCN(C(=O)c2c(F)cc(F)cc2F)C1. The highest BCUT2D eigenvalue weighted by Crippen LogP contribution is 2.23. The minimum Gasteiger partial charge on any atom is -0.338 e. The van der Waals surface area contributed by atoms with E-state index >= 15 is 0 Å². The lowest BCUT2D eigenvalue weighted by Crippen LogP contribution is -2.30. The van der Waals surface area contributed by atoms with Crippen molar-refractivity contribution in [2.45, 2.75) is 12.8 Å². The molecule has 3 nitrogen and oxygen atoms in total. The summed E-state index contributed by atoms with van der Waals surface area (Å²) in [6, 6.07) is 1.04. The molecule has 6 heteroatoms. The van der Waals surface area contributed by atoms with Crippen LogP contribution in [0.2, 0.25) is 0 Å². The number of carbonyl (C=O) groups is 1. The van der Waals surface area contributed by atoms with Gasteiger partial charge in [0.05, 0.1) is 0 Å². The second-order valence-corrected chi connectivity index (χ2v) is 4.73. The molecule has 2 N–H and O–H groups in total. The van der Waals surface area contributed by atoms with Gasteiger partial charge in [-0.3, -0.25) is 4.79 Å². The van der Waals surface area contributed by atoms with E-state index in [1.165, 1.54) is 4.90 Å². The van der Waals surface area contributed by atoms with Gasteiger partial charge in [0, 0.05) is 25.2 Å². The monoisotopic (exact) mass is 272 g/mol. The second-order valence-electron chi connectivity index (χ2n) is 4.73. The first kappa shape index (κ1) is 13.9. The minimum atomic E-state index is -1.16. The maximum Gasteiger partial charge on any atom is 0.259 e. The molecule has 0 radical (unpaired) electrons. The lowest BCUT2D eigenvalue weighted by Gasteiger charge is -2.17. The largest absolute Gasteiger partial charge is 0.338 e. The molecule has 0 aliphatic carbocycles. The van der Waals surface area contributed by atoms with E-state index in [9.17, 15) is 18.0 Å². The lowest BCUT2D eigenvalue weighted by atomic mass is 10.1. The summed E-state index contributed by atoms with van der Waals surface area (Å²) in [4.78, 5) is 13.4. The number of halogens is 3. The smallest absolute Gasteiger partial charge is 0.259 e. The second kappa shape index (κ2) is 5.61. The number of benzene rings is 1. The maximum atomic E-state index is 13.5. The van der Waals surface area contributed by atoms with Crippen molar-refractivity contribution in [3.05, 3.63) is 35.1 Å². The number of hydrogen-bond acceptors (Lipinski definition) is 2. The quantitative estimate of drug-likeness (QED) is 0.913. The van der Waals surface area contributed by atoms with Gasteiger partial charge in [-0.25, -0.2) is 13.2 Å². The molecule has 1 unspecified atom stereocenters. The van der Waals surface area contributed by atoms with Gasteiger partial charge in [-0.2, -0.15) is 0 Å². The Balaban J connectivity index is 2.17. The summed E-state index contributed by atoms with van der Waals surface area (Å²) in [6.45, 7) is 1.40. The summed E-state index contributed by atoms with van der Waals surface area (Å²) < 4.78 is 39.8. The van der Waals surface area contributed by atoms with Gasteiger partial charge in [0.1, 0.15) is 23.0 Å². The number of nitrogens with zero attached hydrogens (tertiary/aromatic N) is 1. The topological polar surface area (TPSA) is 46.3 Å².